The lowest BCUT2D eigenvalue weighted by Crippen LogP contribution is -2.67. The van der Waals surface area contributed by atoms with Crippen LogP contribution in [0.5, 0.6) is 0 Å². The van der Waals surface area contributed by atoms with Gasteiger partial charge in [0.2, 0.25) is 0 Å². The van der Waals surface area contributed by atoms with Crippen LogP contribution in [0.2, 0.25) is 0 Å². The second-order valence-electron chi connectivity index (χ2n) is 13.1. The molecule has 0 aromatic heterocycles. The summed E-state index contributed by atoms with van der Waals surface area (Å²) in [6, 6.07) is 0. The predicted molar refractivity (Wildman–Crippen MR) is 159 cm³/mol. The molecule has 24 heteroatoms. The van der Waals surface area contributed by atoms with Crippen LogP contribution >= 0.6 is 0 Å². The first-order chi connectivity index (χ1) is 24.4. The molecular formula is C28H45N3O21. The molecule has 11 unspecified atom stereocenters. The zero-order chi connectivity index (χ0) is 38.7. The Bertz CT molecular complexity index is 1260. The average Bonchev–Trinajstić information content (AvgIpc) is 3.08. The number of aliphatic carboxylic acids is 2. The van der Waals surface area contributed by atoms with Crippen molar-refractivity contribution in [2.75, 3.05) is 26.4 Å². The van der Waals surface area contributed by atoms with Gasteiger partial charge in [0.15, 0.2) is 31.1 Å². The second-order valence-corrected chi connectivity index (χ2v) is 13.1. The van der Waals surface area contributed by atoms with Crippen molar-refractivity contribution in [1.29, 1.82) is 0 Å². The summed E-state index contributed by atoms with van der Waals surface area (Å²) in [5, 5.41) is 118. The molecule has 52 heavy (non-hydrogen) atoms. The third-order valence-corrected chi connectivity index (χ3v) is 9.06. The van der Waals surface area contributed by atoms with Crippen LogP contribution < -0.4 is 0 Å². The fourth-order valence-corrected chi connectivity index (χ4v) is 6.24. The van der Waals surface area contributed by atoms with E-state index in [0.29, 0.717) is 0 Å². The van der Waals surface area contributed by atoms with Crippen LogP contribution in [0.3, 0.4) is 0 Å². The minimum Gasteiger partial charge on any atom is -0.479 e. The molecule has 0 amide bonds. The van der Waals surface area contributed by atoms with E-state index in [0.717, 1.165) is 0 Å². The molecule has 4 saturated heterocycles. The van der Waals surface area contributed by atoms with Crippen molar-refractivity contribution in [2.45, 2.75) is 136 Å². The summed E-state index contributed by atoms with van der Waals surface area (Å²) >= 11 is 0. The lowest BCUT2D eigenvalue weighted by atomic mass is 9.86. The van der Waals surface area contributed by atoms with Crippen molar-refractivity contribution in [2.24, 2.45) is 5.11 Å². The minimum absolute atomic E-state index is 0.123. The molecule has 4 aliphatic heterocycles. The number of nitrogens with zero attached hydrogens (tertiary/aromatic N) is 3. The Balaban J connectivity index is 1.54. The number of hydrogen-bond acceptors (Lipinski definition) is 20. The van der Waals surface area contributed by atoms with Gasteiger partial charge >= 0.3 is 11.9 Å². The van der Waals surface area contributed by atoms with E-state index in [1.165, 1.54) is 13.8 Å². The first-order valence-corrected chi connectivity index (χ1v) is 16.1. The summed E-state index contributed by atoms with van der Waals surface area (Å²) in [6.45, 7) is 1.27. The lowest BCUT2D eigenvalue weighted by Gasteiger charge is -2.49. The normalized spacial score (nSPS) is 44.4. The Hall–Kier alpha value is -2.43. The molecule has 0 aromatic carbocycles. The molecule has 4 heterocycles. The predicted octanol–water partition coefficient (Wildman–Crippen LogP) is -5.74. The van der Waals surface area contributed by atoms with E-state index >= 15 is 0 Å². The van der Waals surface area contributed by atoms with Gasteiger partial charge in [-0.2, -0.15) is 0 Å². The van der Waals surface area contributed by atoms with Crippen molar-refractivity contribution in [1.82, 2.24) is 0 Å². The molecule has 0 radical (unpaired) electrons. The minimum atomic E-state index is -2.14. The van der Waals surface area contributed by atoms with Crippen LogP contribution in [-0.2, 0) is 47.5 Å². The maximum atomic E-state index is 12.0. The maximum Gasteiger partial charge on any atom is 0.335 e. The van der Waals surface area contributed by atoms with Gasteiger partial charge in [-0.1, -0.05) is 5.11 Å². The quantitative estimate of drug-likeness (QED) is 0.0340. The van der Waals surface area contributed by atoms with Gasteiger partial charge < -0.3 is 94.1 Å². The molecule has 4 fully saturated rings. The van der Waals surface area contributed by atoms with E-state index in [-0.39, 0.29) is 19.6 Å². The Kier molecular flexibility index (Phi) is 14.5. The molecule has 0 saturated carbocycles. The molecular weight excluding hydrogens is 714 g/mol. The number of hydrogen-bond donors (Lipinski definition) is 11. The molecule has 11 N–H and O–H groups in total. The summed E-state index contributed by atoms with van der Waals surface area (Å²) < 4.78 is 44.1. The Morgan fingerprint density at radius 3 is 1.94 bits per heavy atom. The standard InChI is InChI=1S/C28H45N3O21/c1-28(2,46-4-3-30-31-29)22-16(39)18(14(37)20(49-22)23(41)42)51-26-12(35)10(5-8(6-32)47-26)48-27-17(40)19(15(38)21(52-27)24(43)44)50-25-13(36)11(34)9(33)7-45-25/h8-22,25-27,32-40H,3-7H2,1-2H3,(H,41,42)(H,43,44)/t8?,9-,10?,11?,12?,13?,14+,15+,16?,17?,18?,19?,20?,21?,22-,25-,26-,27-/m1/s1. The van der Waals surface area contributed by atoms with Gasteiger partial charge in [-0.3, -0.25) is 0 Å². The Morgan fingerprint density at radius 2 is 1.35 bits per heavy atom. The zero-order valence-corrected chi connectivity index (χ0v) is 27.8. The van der Waals surface area contributed by atoms with Crippen molar-refractivity contribution in [3.63, 3.8) is 0 Å². The van der Waals surface area contributed by atoms with Crippen LogP contribution in [-0.4, -0.2) is 211 Å². The number of carbonyl (C=O) groups is 2. The first kappa shape index (κ1) is 42.3. The van der Waals surface area contributed by atoms with Gasteiger partial charge in [0, 0.05) is 17.9 Å². The van der Waals surface area contributed by atoms with E-state index < -0.39 is 141 Å². The number of aliphatic hydroxyl groups excluding tert-OH is 9. The number of carboxylic acid groups (broad SMARTS) is 2. The third kappa shape index (κ3) is 9.26. The van der Waals surface area contributed by atoms with Crippen LogP contribution in [0.15, 0.2) is 5.11 Å². The molecule has 24 nitrogen and oxygen atoms in total. The fourth-order valence-electron chi connectivity index (χ4n) is 6.24. The molecule has 0 aromatic rings. The van der Waals surface area contributed by atoms with Gasteiger partial charge in [0.05, 0.1) is 37.6 Å². The summed E-state index contributed by atoms with van der Waals surface area (Å²) in [5.74, 6) is -3.41. The van der Waals surface area contributed by atoms with Gasteiger partial charge in [-0.15, -0.1) is 0 Å². The number of ether oxygens (including phenoxy) is 8. The van der Waals surface area contributed by atoms with E-state index in [4.69, 9.17) is 43.4 Å². The molecule has 298 valence electrons. The van der Waals surface area contributed by atoms with Gasteiger partial charge in [0.1, 0.15) is 67.1 Å². The second kappa shape index (κ2) is 17.8. The van der Waals surface area contributed by atoms with Crippen molar-refractivity contribution in [3.8, 4) is 0 Å². The summed E-state index contributed by atoms with van der Waals surface area (Å²) in [6.07, 6.45) is -33.5. The lowest BCUT2D eigenvalue weighted by molar-refractivity contribution is -0.370. The summed E-state index contributed by atoms with van der Waals surface area (Å²) in [5.41, 5.74) is 7.02. The highest BCUT2D eigenvalue weighted by Crippen LogP contribution is 2.36. The van der Waals surface area contributed by atoms with Crippen LogP contribution in [0.1, 0.15) is 20.3 Å². The molecule has 18 atom stereocenters. The van der Waals surface area contributed by atoms with Crippen molar-refractivity contribution < 1.29 is 104 Å². The maximum absolute atomic E-state index is 12.0. The topological polar surface area (TPSA) is 379 Å². The van der Waals surface area contributed by atoms with Gasteiger partial charge in [-0.05, 0) is 19.4 Å². The number of aliphatic hydroxyl groups is 9. The SMILES string of the molecule is CC(C)(OCCN=[N+]=[N-])[C@@H]1OC(C(=O)O)[C@@H](O)C(O[C@H]2OC(CO)CC(O[C@@H]3OC(C(=O)O)[C@@H](O)C(O[C@H]4OC[C@@H](O)C(O)C4O)C3O)C2O)C1O. The number of rotatable bonds is 14. The highest BCUT2D eigenvalue weighted by Gasteiger charge is 2.56. The number of carboxylic acids is 2. The van der Waals surface area contributed by atoms with Gasteiger partial charge in [0.25, 0.3) is 0 Å². The van der Waals surface area contributed by atoms with Crippen molar-refractivity contribution >= 4 is 11.9 Å². The van der Waals surface area contributed by atoms with E-state index in [1.54, 1.807) is 0 Å². The number of azide groups is 1. The van der Waals surface area contributed by atoms with E-state index in [9.17, 15) is 65.8 Å². The van der Waals surface area contributed by atoms with Crippen LogP contribution in [0, 0.1) is 0 Å². The molecule has 4 aliphatic rings. The van der Waals surface area contributed by atoms with Crippen LogP contribution in [0.25, 0.3) is 10.4 Å². The molecule has 0 bridgehead atoms. The largest absolute Gasteiger partial charge is 0.479 e. The summed E-state index contributed by atoms with van der Waals surface area (Å²) in [7, 11) is 0. The molecule has 0 aliphatic carbocycles. The third-order valence-electron chi connectivity index (χ3n) is 9.06. The Morgan fingerprint density at radius 1 is 0.769 bits per heavy atom. The average molecular weight is 760 g/mol. The highest BCUT2D eigenvalue weighted by molar-refractivity contribution is 5.74. The smallest absolute Gasteiger partial charge is 0.335 e. The van der Waals surface area contributed by atoms with E-state index in [2.05, 4.69) is 10.0 Å². The molecule has 0 spiro atoms. The highest BCUT2D eigenvalue weighted by atomic mass is 16.8. The van der Waals surface area contributed by atoms with Crippen molar-refractivity contribution in [3.05, 3.63) is 10.4 Å². The fraction of sp³-hybridized carbons (Fsp3) is 0.929. The van der Waals surface area contributed by atoms with Crippen LogP contribution in [0.4, 0.5) is 0 Å². The monoisotopic (exact) mass is 759 g/mol. The molecule has 4 rings (SSSR count). The zero-order valence-electron chi connectivity index (χ0n) is 27.8. The van der Waals surface area contributed by atoms with Gasteiger partial charge in [-0.25, -0.2) is 9.59 Å². The summed E-state index contributed by atoms with van der Waals surface area (Å²) in [4.78, 5) is 26.6. The Labute approximate surface area is 294 Å². The van der Waals surface area contributed by atoms with E-state index in [1.807, 2.05) is 0 Å². The first-order valence-electron chi connectivity index (χ1n) is 16.1.